The number of carbonyl (C=O) groups excluding carboxylic acids is 1. The SMILES string of the molecule is O=C(c1ccc(Cn2ccccc2=O)o1)N1CCO[C@H]2CCCC[C@@H]21. The van der Waals surface area contributed by atoms with E-state index < -0.39 is 0 Å². The molecule has 0 aromatic carbocycles. The Bertz CT molecular complexity index is 808. The molecule has 2 atom stereocenters. The molecule has 2 aromatic rings. The third kappa shape index (κ3) is 3.26. The predicted molar refractivity (Wildman–Crippen MR) is 91.5 cm³/mol. The van der Waals surface area contributed by atoms with Crippen LogP contribution in [0.2, 0.25) is 0 Å². The average Bonchev–Trinajstić information content (AvgIpc) is 3.11. The van der Waals surface area contributed by atoms with Crippen molar-refractivity contribution in [3.63, 3.8) is 0 Å². The Morgan fingerprint density at radius 2 is 2.04 bits per heavy atom. The van der Waals surface area contributed by atoms with E-state index in [0.717, 1.165) is 19.3 Å². The molecule has 0 unspecified atom stereocenters. The van der Waals surface area contributed by atoms with Crippen molar-refractivity contribution < 1.29 is 13.9 Å². The molecule has 6 nitrogen and oxygen atoms in total. The first-order valence-electron chi connectivity index (χ1n) is 8.89. The number of aromatic nitrogens is 1. The minimum absolute atomic E-state index is 0.0770. The van der Waals surface area contributed by atoms with Gasteiger partial charge in [-0.3, -0.25) is 9.59 Å². The van der Waals surface area contributed by atoms with Crippen LogP contribution in [0.1, 0.15) is 42.0 Å². The second-order valence-corrected chi connectivity index (χ2v) is 6.69. The van der Waals surface area contributed by atoms with E-state index >= 15 is 0 Å². The van der Waals surface area contributed by atoms with Crippen molar-refractivity contribution in [2.75, 3.05) is 13.2 Å². The summed E-state index contributed by atoms with van der Waals surface area (Å²) >= 11 is 0. The molecule has 1 saturated carbocycles. The molecule has 132 valence electrons. The monoisotopic (exact) mass is 342 g/mol. The van der Waals surface area contributed by atoms with Gasteiger partial charge in [-0.2, -0.15) is 0 Å². The lowest BCUT2D eigenvalue weighted by Crippen LogP contribution is -2.54. The third-order valence-corrected chi connectivity index (χ3v) is 5.09. The van der Waals surface area contributed by atoms with E-state index in [1.54, 1.807) is 35.0 Å². The first-order valence-corrected chi connectivity index (χ1v) is 8.89. The molecule has 0 radical (unpaired) electrons. The van der Waals surface area contributed by atoms with E-state index in [2.05, 4.69) is 0 Å². The van der Waals surface area contributed by atoms with Crippen molar-refractivity contribution in [3.05, 3.63) is 58.4 Å². The number of ether oxygens (including phenoxy) is 1. The standard InChI is InChI=1S/C19H22N2O4/c22-18-7-3-4-10-20(18)13-14-8-9-17(25-14)19(23)21-11-12-24-16-6-2-1-5-15(16)21/h3-4,7-10,15-16H,1-2,5-6,11-13H2/t15-,16-/m0/s1. The number of fused-ring (bicyclic) bond motifs is 1. The van der Waals surface area contributed by atoms with E-state index in [9.17, 15) is 9.59 Å². The third-order valence-electron chi connectivity index (χ3n) is 5.09. The number of pyridine rings is 1. The molecular formula is C19H22N2O4. The highest BCUT2D eigenvalue weighted by molar-refractivity contribution is 5.91. The summed E-state index contributed by atoms with van der Waals surface area (Å²) in [6, 6.07) is 8.64. The summed E-state index contributed by atoms with van der Waals surface area (Å²) in [4.78, 5) is 26.6. The van der Waals surface area contributed by atoms with E-state index in [4.69, 9.17) is 9.15 Å². The Labute approximate surface area is 146 Å². The highest BCUT2D eigenvalue weighted by Gasteiger charge is 2.37. The maximum atomic E-state index is 12.9. The Hall–Kier alpha value is -2.34. The van der Waals surface area contributed by atoms with Crippen molar-refractivity contribution in [2.24, 2.45) is 0 Å². The van der Waals surface area contributed by atoms with Gasteiger partial charge in [-0.1, -0.05) is 18.9 Å². The fraction of sp³-hybridized carbons (Fsp3) is 0.474. The van der Waals surface area contributed by atoms with Gasteiger partial charge in [0.05, 0.1) is 25.3 Å². The van der Waals surface area contributed by atoms with Gasteiger partial charge in [-0.15, -0.1) is 0 Å². The first kappa shape index (κ1) is 16.1. The van der Waals surface area contributed by atoms with Gasteiger partial charge in [0.1, 0.15) is 5.76 Å². The van der Waals surface area contributed by atoms with Crippen molar-refractivity contribution >= 4 is 5.91 Å². The number of amides is 1. The second-order valence-electron chi connectivity index (χ2n) is 6.69. The molecule has 1 amide bonds. The van der Waals surface area contributed by atoms with E-state index in [1.807, 2.05) is 4.90 Å². The normalized spacial score (nSPS) is 23.3. The molecule has 6 heteroatoms. The Morgan fingerprint density at radius 3 is 2.92 bits per heavy atom. The molecule has 2 fully saturated rings. The Balaban J connectivity index is 1.50. The number of morpholine rings is 1. The van der Waals surface area contributed by atoms with Crippen molar-refractivity contribution in [1.29, 1.82) is 0 Å². The quantitative estimate of drug-likeness (QED) is 0.858. The van der Waals surface area contributed by atoms with Gasteiger partial charge in [-0.25, -0.2) is 0 Å². The van der Waals surface area contributed by atoms with Crippen LogP contribution in [0.3, 0.4) is 0 Å². The van der Waals surface area contributed by atoms with Crippen LogP contribution in [0.4, 0.5) is 0 Å². The van der Waals surface area contributed by atoms with Crippen LogP contribution in [0.15, 0.2) is 45.7 Å². The van der Waals surface area contributed by atoms with Gasteiger partial charge >= 0.3 is 0 Å². The molecule has 1 saturated heterocycles. The fourth-order valence-corrected chi connectivity index (χ4v) is 3.83. The summed E-state index contributed by atoms with van der Waals surface area (Å²) < 4.78 is 13.1. The summed E-state index contributed by atoms with van der Waals surface area (Å²) in [5.74, 6) is 0.863. The van der Waals surface area contributed by atoms with E-state index in [1.165, 1.54) is 12.5 Å². The Kier molecular flexibility index (Phi) is 4.44. The molecule has 0 bridgehead atoms. The average molecular weight is 342 g/mol. The highest BCUT2D eigenvalue weighted by Crippen LogP contribution is 2.29. The molecule has 4 rings (SSSR count). The second kappa shape index (κ2) is 6.88. The minimum atomic E-state index is -0.0926. The van der Waals surface area contributed by atoms with E-state index in [0.29, 0.717) is 31.2 Å². The lowest BCUT2D eigenvalue weighted by atomic mass is 9.90. The molecule has 1 aliphatic heterocycles. The van der Waals surface area contributed by atoms with Crippen LogP contribution in [-0.4, -0.2) is 40.7 Å². The summed E-state index contributed by atoms with van der Waals surface area (Å²) in [5, 5.41) is 0. The van der Waals surface area contributed by atoms with Crippen LogP contribution in [0, 0.1) is 0 Å². The van der Waals surface area contributed by atoms with Gasteiger partial charge in [0.15, 0.2) is 5.76 Å². The maximum absolute atomic E-state index is 12.9. The number of rotatable bonds is 3. The van der Waals surface area contributed by atoms with Gasteiger partial charge in [0.25, 0.3) is 11.5 Å². The Morgan fingerprint density at radius 1 is 1.16 bits per heavy atom. The lowest BCUT2D eigenvalue weighted by molar-refractivity contribution is -0.0759. The molecule has 25 heavy (non-hydrogen) atoms. The highest BCUT2D eigenvalue weighted by atomic mass is 16.5. The van der Waals surface area contributed by atoms with Crippen LogP contribution in [0.5, 0.6) is 0 Å². The smallest absolute Gasteiger partial charge is 0.289 e. The number of carbonyl (C=O) groups is 1. The summed E-state index contributed by atoms with van der Waals surface area (Å²) in [5.41, 5.74) is -0.0926. The number of hydrogen-bond acceptors (Lipinski definition) is 4. The molecular weight excluding hydrogens is 320 g/mol. The molecule has 1 aliphatic carbocycles. The summed E-state index contributed by atoms with van der Waals surface area (Å²) in [6.45, 7) is 1.51. The van der Waals surface area contributed by atoms with Gasteiger partial charge in [0, 0.05) is 18.8 Å². The molecule has 0 N–H and O–H groups in total. The number of furan rings is 1. The lowest BCUT2D eigenvalue weighted by Gasteiger charge is -2.43. The van der Waals surface area contributed by atoms with Crippen molar-refractivity contribution in [1.82, 2.24) is 9.47 Å². The summed E-state index contributed by atoms with van der Waals surface area (Å²) in [7, 11) is 0. The molecule has 3 heterocycles. The minimum Gasteiger partial charge on any atom is -0.454 e. The van der Waals surface area contributed by atoms with Crippen molar-refractivity contribution in [2.45, 2.75) is 44.4 Å². The van der Waals surface area contributed by atoms with Crippen LogP contribution >= 0.6 is 0 Å². The molecule has 2 aliphatic rings. The first-order chi connectivity index (χ1) is 12.2. The number of nitrogens with zero attached hydrogens (tertiary/aromatic N) is 2. The van der Waals surface area contributed by atoms with Crippen LogP contribution in [-0.2, 0) is 11.3 Å². The van der Waals surface area contributed by atoms with Gasteiger partial charge < -0.3 is 18.6 Å². The van der Waals surface area contributed by atoms with Gasteiger partial charge in [0.2, 0.25) is 0 Å². The van der Waals surface area contributed by atoms with Crippen LogP contribution < -0.4 is 5.56 Å². The maximum Gasteiger partial charge on any atom is 0.289 e. The zero-order valence-corrected chi connectivity index (χ0v) is 14.1. The fourth-order valence-electron chi connectivity index (χ4n) is 3.83. The summed E-state index contributed by atoms with van der Waals surface area (Å²) in [6.07, 6.45) is 6.18. The molecule has 0 spiro atoms. The zero-order valence-electron chi connectivity index (χ0n) is 14.1. The topological polar surface area (TPSA) is 64.7 Å². The predicted octanol–water partition coefficient (Wildman–Crippen LogP) is 2.27. The van der Waals surface area contributed by atoms with Crippen LogP contribution in [0.25, 0.3) is 0 Å². The zero-order chi connectivity index (χ0) is 17.2. The van der Waals surface area contributed by atoms with Crippen molar-refractivity contribution in [3.8, 4) is 0 Å². The van der Waals surface area contributed by atoms with E-state index in [-0.39, 0.29) is 23.6 Å². The van der Waals surface area contributed by atoms with Gasteiger partial charge in [-0.05, 0) is 31.0 Å². The number of hydrogen-bond donors (Lipinski definition) is 0. The largest absolute Gasteiger partial charge is 0.454 e. The molecule has 2 aromatic heterocycles.